The molecule has 3 rings (SSSR count). The van der Waals surface area contributed by atoms with Gasteiger partial charge in [-0.2, -0.15) is 0 Å². The molecule has 2 aromatic carbocycles. The first-order valence-electron chi connectivity index (χ1n) is 17.7. The van der Waals surface area contributed by atoms with Crippen molar-refractivity contribution in [2.24, 2.45) is 11.8 Å². The maximum absolute atomic E-state index is 3.94. The van der Waals surface area contributed by atoms with Gasteiger partial charge in [-0.1, -0.05) is 133 Å². The van der Waals surface area contributed by atoms with Crippen LogP contribution in [0.4, 0.5) is 0 Å². The van der Waals surface area contributed by atoms with E-state index >= 15 is 0 Å². The fourth-order valence-corrected chi connectivity index (χ4v) is 5.47. The Morgan fingerprint density at radius 1 is 0.711 bits per heavy atom. The number of benzene rings is 2. The van der Waals surface area contributed by atoms with Crippen LogP contribution in [0.15, 0.2) is 108 Å². The summed E-state index contributed by atoms with van der Waals surface area (Å²) in [5, 5.41) is 0. The van der Waals surface area contributed by atoms with E-state index in [0.29, 0.717) is 11.8 Å². The zero-order valence-electron chi connectivity index (χ0n) is 31.2. The lowest BCUT2D eigenvalue weighted by molar-refractivity contribution is 0.403. The predicted molar refractivity (Wildman–Crippen MR) is 205 cm³/mol. The first-order valence-corrected chi connectivity index (χ1v) is 17.7. The van der Waals surface area contributed by atoms with Crippen molar-refractivity contribution in [3.8, 4) is 0 Å². The topological polar surface area (TPSA) is 0 Å². The van der Waals surface area contributed by atoms with Crippen LogP contribution in [-0.4, -0.2) is 0 Å². The standard InChI is InChI=1S/C15H24.2C15H22/c3*1-12(2)6-5-7-14(4)15-10-8-13(3)9-11-15/h6,8-10,14-15H,5,7,11H2,1-4H3;6,8-11,14H,5,7H2,1-4H3;8-11,14H,1,5-7H2,2-4H3/t14-,15-;2*14-/m111/s1. The molecular weight excluding hydrogens is 540 g/mol. The molecule has 0 radical (unpaired) electrons. The largest absolute Gasteiger partial charge is 0.100 e. The van der Waals surface area contributed by atoms with E-state index in [4.69, 9.17) is 0 Å². The molecule has 0 N–H and O–H groups in total. The van der Waals surface area contributed by atoms with E-state index in [-0.39, 0.29) is 0 Å². The van der Waals surface area contributed by atoms with Crippen molar-refractivity contribution in [1.29, 1.82) is 0 Å². The van der Waals surface area contributed by atoms with Crippen LogP contribution in [0.2, 0.25) is 0 Å². The zero-order chi connectivity index (χ0) is 33.8. The molecule has 0 aliphatic heterocycles. The van der Waals surface area contributed by atoms with Gasteiger partial charge in [0.1, 0.15) is 0 Å². The third-order valence-electron chi connectivity index (χ3n) is 8.91. The molecule has 0 saturated heterocycles. The number of aryl methyl sites for hydroxylation is 2. The summed E-state index contributed by atoms with van der Waals surface area (Å²) >= 11 is 0. The molecule has 0 unspecified atom stereocenters. The first-order chi connectivity index (χ1) is 21.3. The molecule has 2 aromatic rings. The summed E-state index contributed by atoms with van der Waals surface area (Å²) in [6, 6.07) is 17.8. The minimum atomic E-state index is 0.668. The van der Waals surface area contributed by atoms with Crippen LogP contribution >= 0.6 is 0 Å². The van der Waals surface area contributed by atoms with Crippen LogP contribution in [0, 0.1) is 25.7 Å². The Hall–Kier alpha value is -2.86. The van der Waals surface area contributed by atoms with Gasteiger partial charge in [0.2, 0.25) is 0 Å². The molecule has 0 nitrogen and oxygen atoms in total. The van der Waals surface area contributed by atoms with Crippen molar-refractivity contribution in [3.63, 3.8) is 0 Å². The molecule has 4 atom stereocenters. The van der Waals surface area contributed by atoms with Crippen molar-refractivity contribution >= 4 is 0 Å². The maximum Gasteiger partial charge on any atom is -0.0170 e. The Morgan fingerprint density at radius 2 is 1.18 bits per heavy atom. The molecule has 45 heavy (non-hydrogen) atoms. The number of hydrogen-bond acceptors (Lipinski definition) is 0. The van der Waals surface area contributed by atoms with E-state index in [0.717, 1.165) is 18.3 Å². The molecule has 0 fully saturated rings. The van der Waals surface area contributed by atoms with Crippen molar-refractivity contribution in [3.05, 3.63) is 130 Å². The number of rotatable bonds is 13. The van der Waals surface area contributed by atoms with Crippen molar-refractivity contribution in [2.45, 2.75) is 139 Å². The average molecular weight is 609 g/mol. The summed E-state index contributed by atoms with van der Waals surface area (Å²) in [7, 11) is 0. The van der Waals surface area contributed by atoms with Gasteiger partial charge in [0.25, 0.3) is 0 Å². The molecule has 1 aliphatic rings. The van der Waals surface area contributed by atoms with Gasteiger partial charge in [0.15, 0.2) is 0 Å². The van der Waals surface area contributed by atoms with Crippen LogP contribution in [0.1, 0.15) is 148 Å². The van der Waals surface area contributed by atoms with Gasteiger partial charge >= 0.3 is 0 Å². The fourth-order valence-electron chi connectivity index (χ4n) is 5.47. The van der Waals surface area contributed by atoms with Crippen LogP contribution in [0.3, 0.4) is 0 Å². The van der Waals surface area contributed by atoms with Gasteiger partial charge in [-0.05, 0) is 142 Å². The highest BCUT2D eigenvalue weighted by atomic mass is 14.2. The lowest BCUT2D eigenvalue weighted by Crippen LogP contribution is -2.10. The molecule has 248 valence electrons. The van der Waals surface area contributed by atoms with E-state index in [1.54, 1.807) is 0 Å². The van der Waals surface area contributed by atoms with Gasteiger partial charge in [-0.15, -0.1) is 6.58 Å². The minimum absolute atomic E-state index is 0.668. The van der Waals surface area contributed by atoms with Crippen LogP contribution in [0.5, 0.6) is 0 Å². The van der Waals surface area contributed by atoms with E-state index < -0.39 is 0 Å². The lowest BCUT2D eigenvalue weighted by Gasteiger charge is -2.21. The molecule has 0 heteroatoms. The molecule has 0 saturated carbocycles. The SMILES string of the molecule is C=C(C)CCC[C@@H](C)c1ccc(C)cc1.CC(C)=CCC[C@@H](C)[C@@H]1C=CC(C)=CC1.CC(C)=CCC[C@@H](C)c1ccc(C)cc1. The zero-order valence-corrected chi connectivity index (χ0v) is 31.2. The Labute approximate surface area is 280 Å². The van der Waals surface area contributed by atoms with Gasteiger partial charge in [0.05, 0.1) is 0 Å². The second kappa shape index (κ2) is 22.6. The van der Waals surface area contributed by atoms with E-state index in [9.17, 15) is 0 Å². The average Bonchev–Trinajstić information content (AvgIpc) is 2.98. The second-order valence-electron chi connectivity index (χ2n) is 14.4. The van der Waals surface area contributed by atoms with Crippen molar-refractivity contribution < 1.29 is 0 Å². The highest BCUT2D eigenvalue weighted by Gasteiger charge is 2.14. The van der Waals surface area contributed by atoms with E-state index in [2.05, 4.69) is 162 Å². The van der Waals surface area contributed by atoms with Gasteiger partial charge in [0, 0.05) is 0 Å². The van der Waals surface area contributed by atoms with Crippen molar-refractivity contribution in [2.75, 3.05) is 0 Å². The third-order valence-corrected chi connectivity index (χ3v) is 8.91. The summed E-state index contributed by atoms with van der Waals surface area (Å²) in [5.41, 5.74) is 11.2. The molecule has 1 aliphatic carbocycles. The number of allylic oxidation sites excluding steroid dienone is 9. The lowest BCUT2D eigenvalue weighted by atomic mass is 9.84. The molecule has 0 spiro atoms. The highest BCUT2D eigenvalue weighted by Crippen LogP contribution is 2.27. The fraction of sp³-hybridized carbons (Fsp3) is 0.511. The monoisotopic (exact) mass is 609 g/mol. The van der Waals surface area contributed by atoms with Gasteiger partial charge in [-0.25, -0.2) is 0 Å². The summed E-state index contributed by atoms with van der Waals surface area (Å²) < 4.78 is 0. The molecule has 0 aromatic heterocycles. The Bertz CT molecular complexity index is 1200. The van der Waals surface area contributed by atoms with E-state index in [1.165, 1.54) is 89.5 Å². The summed E-state index contributed by atoms with van der Waals surface area (Å²) in [4.78, 5) is 0. The Balaban J connectivity index is 0.000000337. The Morgan fingerprint density at radius 3 is 1.60 bits per heavy atom. The van der Waals surface area contributed by atoms with Crippen molar-refractivity contribution in [1.82, 2.24) is 0 Å². The molecule has 0 amide bonds. The summed E-state index contributed by atoms with van der Waals surface area (Å²) in [6.45, 7) is 28.2. The molecular formula is C45H68. The third kappa shape index (κ3) is 19.3. The highest BCUT2D eigenvalue weighted by molar-refractivity contribution is 5.25. The van der Waals surface area contributed by atoms with Crippen LogP contribution in [-0.2, 0) is 0 Å². The first kappa shape index (κ1) is 40.2. The molecule has 0 heterocycles. The van der Waals surface area contributed by atoms with E-state index in [1.807, 2.05) is 0 Å². The maximum atomic E-state index is 3.94. The normalized spacial score (nSPS) is 15.6. The predicted octanol–water partition coefficient (Wildman–Crippen LogP) is 14.6. The molecule has 0 bridgehead atoms. The number of hydrogen-bond donors (Lipinski definition) is 0. The quantitative estimate of drug-likeness (QED) is 0.198. The second-order valence-corrected chi connectivity index (χ2v) is 14.4. The Kier molecular flexibility index (Phi) is 20.2. The summed E-state index contributed by atoms with van der Waals surface area (Å²) in [5.74, 6) is 2.91. The van der Waals surface area contributed by atoms with Gasteiger partial charge < -0.3 is 0 Å². The van der Waals surface area contributed by atoms with Gasteiger partial charge in [-0.3, -0.25) is 0 Å². The summed E-state index contributed by atoms with van der Waals surface area (Å²) in [6.07, 6.45) is 21.6. The van der Waals surface area contributed by atoms with Crippen LogP contribution in [0.25, 0.3) is 0 Å². The smallest absolute Gasteiger partial charge is 0.0170 e. The minimum Gasteiger partial charge on any atom is -0.100 e. The van der Waals surface area contributed by atoms with Crippen LogP contribution < -0.4 is 0 Å².